The fraction of sp³-hybridized carbons (Fsp3) is 0.579. The third kappa shape index (κ3) is 4.95. The molecule has 1 saturated carbocycles. The van der Waals surface area contributed by atoms with E-state index in [4.69, 9.17) is 4.74 Å². The molecule has 0 aromatic heterocycles. The molecule has 4 N–H and O–H groups in total. The van der Waals surface area contributed by atoms with Crippen molar-refractivity contribution in [3.8, 4) is 0 Å². The number of amides is 1. The summed E-state index contributed by atoms with van der Waals surface area (Å²) in [4.78, 5) is 23.0. The molecule has 7 heteroatoms. The van der Waals surface area contributed by atoms with Gasteiger partial charge in [0, 0.05) is 6.54 Å². The van der Waals surface area contributed by atoms with E-state index >= 15 is 0 Å². The molecule has 0 aliphatic heterocycles. The van der Waals surface area contributed by atoms with Crippen molar-refractivity contribution in [2.45, 2.75) is 63.3 Å². The number of hydrogen-bond acceptors (Lipinski definition) is 5. The van der Waals surface area contributed by atoms with Crippen molar-refractivity contribution in [3.63, 3.8) is 0 Å². The topological polar surface area (TPSA) is 116 Å². The number of nitrogens with one attached hydrogen (secondary N) is 1. The van der Waals surface area contributed by atoms with Crippen molar-refractivity contribution < 1.29 is 29.6 Å². The maximum atomic E-state index is 11.6. The number of carbonyl (C=O) groups is 2. The van der Waals surface area contributed by atoms with Gasteiger partial charge in [-0.2, -0.15) is 0 Å². The zero-order valence-corrected chi connectivity index (χ0v) is 15.4. The lowest BCUT2D eigenvalue weighted by Gasteiger charge is -2.22. The molecule has 1 aromatic rings. The third-order valence-electron chi connectivity index (χ3n) is 4.41. The van der Waals surface area contributed by atoms with Crippen molar-refractivity contribution in [1.29, 1.82) is 0 Å². The Morgan fingerprint density at radius 2 is 1.92 bits per heavy atom. The van der Waals surface area contributed by atoms with E-state index in [9.17, 15) is 24.9 Å². The molecule has 1 amide bonds. The fourth-order valence-electron chi connectivity index (χ4n) is 2.79. The van der Waals surface area contributed by atoms with E-state index < -0.39 is 35.3 Å². The Morgan fingerprint density at radius 1 is 1.27 bits per heavy atom. The van der Waals surface area contributed by atoms with Gasteiger partial charge in [-0.3, -0.25) is 4.79 Å². The quantitative estimate of drug-likeness (QED) is 0.588. The molecule has 0 radical (unpaired) electrons. The molecule has 1 aliphatic carbocycles. The highest BCUT2D eigenvalue weighted by molar-refractivity contribution is 5.84. The number of hydrogen-bond donors (Lipinski definition) is 4. The summed E-state index contributed by atoms with van der Waals surface area (Å²) in [5.41, 5.74) is -0.370. The Labute approximate surface area is 153 Å². The maximum absolute atomic E-state index is 11.6. The number of rotatable bonds is 7. The fourth-order valence-corrected chi connectivity index (χ4v) is 2.79. The highest BCUT2D eigenvalue weighted by atomic mass is 16.6. The summed E-state index contributed by atoms with van der Waals surface area (Å²) < 4.78 is 5.10. The molecular formula is C19H27NO6. The average Bonchev–Trinajstić information content (AvgIpc) is 3.34. The average molecular weight is 365 g/mol. The van der Waals surface area contributed by atoms with Crippen LogP contribution in [-0.2, 0) is 14.9 Å². The first kappa shape index (κ1) is 20.2. The highest BCUT2D eigenvalue weighted by Gasteiger charge is 2.51. The molecule has 1 aliphatic rings. The van der Waals surface area contributed by atoms with Gasteiger partial charge in [-0.05, 0) is 51.2 Å². The first-order chi connectivity index (χ1) is 12.0. The second kappa shape index (κ2) is 7.63. The van der Waals surface area contributed by atoms with E-state index in [1.807, 2.05) is 0 Å². The Bertz CT molecular complexity index is 662. The predicted molar refractivity (Wildman–Crippen MR) is 94.8 cm³/mol. The summed E-state index contributed by atoms with van der Waals surface area (Å²) in [5, 5.41) is 32.4. The van der Waals surface area contributed by atoms with Crippen molar-refractivity contribution in [2.75, 3.05) is 6.54 Å². The van der Waals surface area contributed by atoms with Crippen LogP contribution in [0.15, 0.2) is 24.3 Å². The van der Waals surface area contributed by atoms with E-state index in [1.54, 1.807) is 45.0 Å². The summed E-state index contributed by atoms with van der Waals surface area (Å²) in [5.74, 6) is -0.869. The normalized spacial score (nSPS) is 17.9. The number of carboxylic acids is 1. The van der Waals surface area contributed by atoms with Crippen LogP contribution in [0.3, 0.4) is 0 Å². The van der Waals surface area contributed by atoms with Gasteiger partial charge in [0.2, 0.25) is 0 Å². The molecule has 1 fully saturated rings. The molecule has 144 valence electrons. The molecular weight excluding hydrogens is 338 g/mol. The van der Waals surface area contributed by atoms with Gasteiger partial charge in [-0.1, -0.05) is 24.3 Å². The third-order valence-corrected chi connectivity index (χ3v) is 4.41. The van der Waals surface area contributed by atoms with Gasteiger partial charge in [0.25, 0.3) is 0 Å². The van der Waals surface area contributed by atoms with Gasteiger partial charge < -0.3 is 25.4 Å². The number of aliphatic hydroxyl groups excluding tert-OH is 2. The summed E-state index contributed by atoms with van der Waals surface area (Å²) in [6.45, 7) is 5.40. The first-order valence-corrected chi connectivity index (χ1v) is 8.72. The van der Waals surface area contributed by atoms with Crippen LogP contribution < -0.4 is 5.32 Å². The van der Waals surface area contributed by atoms with Crippen molar-refractivity contribution >= 4 is 12.1 Å². The minimum absolute atomic E-state index is 0.134. The molecule has 26 heavy (non-hydrogen) atoms. The van der Waals surface area contributed by atoms with E-state index in [2.05, 4.69) is 5.32 Å². The number of aliphatic hydroxyl groups is 2. The molecule has 2 atom stereocenters. The minimum atomic E-state index is -1.17. The molecule has 7 nitrogen and oxygen atoms in total. The monoisotopic (exact) mass is 365 g/mol. The second-order valence-corrected chi connectivity index (χ2v) is 7.74. The zero-order chi connectivity index (χ0) is 19.5. The van der Waals surface area contributed by atoms with Gasteiger partial charge >= 0.3 is 12.1 Å². The van der Waals surface area contributed by atoms with Crippen LogP contribution in [0, 0.1) is 0 Å². The summed E-state index contributed by atoms with van der Waals surface area (Å²) in [6.07, 6.45) is -1.57. The van der Waals surface area contributed by atoms with Crippen LogP contribution in [0.4, 0.5) is 4.79 Å². The number of carbonyl (C=O) groups excluding carboxylic acids is 1. The summed E-state index contributed by atoms with van der Waals surface area (Å²) in [6, 6.07) is 6.70. The summed E-state index contributed by atoms with van der Waals surface area (Å²) in [7, 11) is 0. The largest absolute Gasteiger partial charge is 0.481 e. The van der Waals surface area contributed by atoms with Crippen LogP contribution in [0.25, 0.3) is 0 Å². The van der Waals surface area contributed by atoms with Gasteiger partial charge in [-0.25, -0.2) is 4.79 Å². The minimum Gasteiger partial charge on any atom is -0.481 e. The lowest BCUT2D eigenvalue weighted by molar-refractivity contribution is -0.140. The van der Waals surface area contributed by atoms with Crippen molar-refractivity contribution in [2.24, 2.45) is 0 Å². The van der Waals surface area contributed by atoms with Crippen molar-refractivity contribution in [1.82, 2.24) is 5.32 Å². The van der Waals surface area contributed by atoms with Crippen LogP contribution in [0.2, 0.25) is 0 Å². The smallest absolute Gasteiger partial charge is 0.407 e. The van der Waals surface area contributed by atoms with Crippen LogP contribution >= 0.6 is 0 Å². The van der Waals surface area contributed by atoms with Gasteiger partial charge in [0.05, 0.1) is 11.5 Å². The van der Waals surface area contributed by atoms with Crippen LogP contribution in [0.5, 0.6) is 0 Å². The number of benzene rings is 1. The van der Waals surface area contributed by atoms with Gasteiger partial charge in [0.1, 0.15) is 11.7 Å². The highest BCUT2D eigenvalue weighted by Crippen LogP contribution is 2.48. The number of alkyl carbamates (subject to hydrolysis) is 1. The standard InChI is InChI=1S/C19H27NO6/c1-18(2,3)26-17(25)20-10-7-14(21)15(22)12-5-4-6-13(11-12)19(8-9-19)16(23)24/h4-6,11,14-15,21-22H,7-10H2,1-3H3,(H,20,25)(H,23,24). The maximum Gasteiger partial charge on any atom is 0.407 e. The number of ether oxygens (including phenoxy) is 1. The van der Waals surface area contributed by atoms with E-state index in [0.29, 0.717) is 24.0 Å². The molecule has 1 aromatic carbocycles. The van der Waals surface area contributed by atoms with E-state index in [1.165, 1.54) is 0 Å². The number of carboxylic acid groups (broad SMARTS) is 1. The lowest BCUT2D eigenvalue weighted by Crippen LogP contribution is -2.34. The molecule has 0 bridgehead atoms. The Hall–Kier alpha value is -2.12. The number of aliphatic carboxylic acids is 1. The van der Waals surface area contributed by atoms with E-state index in [0.717, 1.165) is 0 Å². The van der Waals surface area contributed by atoms with Gasteiger partial charge in [0.15, 0.2) is 0 Å². The Balaban J connectivity index is 1.91. The summed E-state index contributed by atoms with van der Waals surface area (Å²) >= 11 is 0. The van der Waals surface area contributed by atoms with Gasteiger partial charge in [-0.15, -0.1) is 0 Å². The zero-order valence-electron chi connectivity index (χ0n) is 15.4. The Morgan fingerprint density at radius 3 is 2.46 bits per heavy atom. The molecule has 0 saturated heterocycles. The SMILES string of the molecule is CC(C)(C)OC(=O)NCCC(O)C(O)c1cccc(C2(C(=O)O)CC2)c1. The second-order valence-electron chi connectivity index (χ2n) is 7.74. The Kier molecular flexibility index (Phi) is 5.93. The van der Waals surface area contributed by atoms with Crippen molar-refractivity contribution in [3.05, 3.63) is 35.4 Å². The van der Waals surface area contributed by atoms with Crippen LogP contribution in [-0.4, -0.2) is 45.6 Å². The van der Waals surface area contributed by atoms with Crippen LogP contribution in [0.1, 0.15) is 57.3 Å². The van der Waals surface area contributed by atoms with E-state index in [-0.39, 0.29) is 13.0 Å². The lowest BCUT2D eigenvalue weighted by atomic mass is 9.92. The molecule has 2 rings (SSSR count). The molecule has 0 heterocycles. The molecule has 0 spiro atoms. The predicted octanol–water partition coefficient (Wildman–Crippen LogP) is 2.11. The first-order valence-electron chi connectivity index (χ1n) is 8.72. The molecule has 2 unspecified atom stereocenters.